The minimum absolute atomic E-state index is 0.0116. The average Bonchev–Trinajstić information content (AvgIpc) is 3.33. The van der Waals surface area contributed by atoms with Crippen molar-refractivity contribution in [3.63, 3.8) is 0 Å². The fourth-order valence-corrected chi connectivity index (χ4v) is 5.38. The summed E-state index contributed by atoms with van der Waals surface area (Å²) in [6, 6.07) is 5.80. The highest BCUT2D eigenvalue weighted by Gasteiger charge is 2.25. The van der Waals surface area contributed by atoms with Crippen LogP contribution in [0.4, 0.5) is 0 Å². The highest BCUT2D eigenvalue weighted by Crippen LogP contribution is 2.33. The number of thioether (sulfide) groups is 1. The number of carbonyl (C=O) groups excluding carboxylic acids is 1. The molecule has 178 valence electrons. The lowest BCUT2D eigenvalue weighted by Gasteiger charge is -2.25. The van der Waals surface area contributed by atoms with Crippen molar-refractivity contribution >= 4 is 28.8 Å². The van der Waals surface area contributed by atoms with Crippen LogP contribution in [0, 0.1) is 0 Å². The molecule has 1 aliphatic carbocycles. The normalized spacial score (nSPS) is 16.5. The summed E-state index contributed by atoms with van der Waals surface area (Å²) in [4.78, 5) is 39.6. The first-order valence-electron chi connectivity index (χ1n) is 11.7. The van der Waals surface area contributed by atoms with Gasteiger partial charge in [-0.2, -0.15) is 0 Å². The van der Waals surface area contributed by atoms with Gasteiger partial charge in [0.2, 0.25) is 12.7 Å². The van der Waals surface area contributed by atoms with Gasteiger partial charge in [0.15, 0.2) is 27.8 Å². The molecule has 1 atom stereocenters. The third-order valence-corrected chi connectivity index (χ3v) is 7.55. The van der Waals surface area contributed by atoms with Gasteiger partial charge in [0.1, 0.15) is 0 Å². The fraction of sp³-hybridized carbons (Fsp3) is 0.458. The van der Waals surface area contributed by atoms with Gasteiger partial charge in [-0.05, 0) is 37.0 Å². The molecule has 10 heteroatoms. The zero-order chi connectivity index (χ0) is 23.5. The molecule has 3 aromatic rings. The van der Waals surface area contributed by atoms with Crippen molar-refractivity contribution in [1.29, 1.82) is 0 Å². The predicted octanol–water partition coefficient (Wildman–Crippen LogP) is 3.28. The van der Waals surface area contributed by atoms with Gasteiger partial charge in [0, 0.05) is 18.4 Å². The Kier molecular flexibility index (Phi) is 6.66. The van der Waals surface area contributed by atoms with E-state index in [9.17, 15) is 9.59 Å². The largest absolute Gasteiger partial charge is 0.454 e. The average molecular weight is 482 g/mol. The molecule has 2 aromatic heterocycles. The van der Waals surface area contributed by atoms with Crippen LogP contribution < -0.4 is 20.3 Å². The second-order valence-electron chi connectivity index (χ2n) is 8.56. The van der Waals surface area contributed by atoms with E-state index in [1.807, 2.05) is 25.1 Å². The molecule has 1 amide bonds. The van der Waals surface area contributed by atoms with Crippen LogP contribution in [0.25, 0.3) is 11.2 Å². The van der Waals surface area contributed by atoms with Crippen molar-refractivity contribution < 1.29 is 14.3 Å². The summed E-state index contributed by atoms with van der Waals surface area (Å²) in [5, 5.41) is 3.28. The SMILES string of the molecule is CCC(Sc1nc2nccnc2c(=O)n1Cc1ccc2c(c1)OCO2)C(=O)NC1CCCCC1. The van der Waals surface area contributed by atoms with Gasteiger partial charge in [0.05, 0.1) is 11.8 Å². The Bertz CT molecular complexity index is 1260. The smallest absolute Gasteiger partial charge is 0.282 e. The van der Waals surface area contributed by atoms with Crippen molar-refractivity contribution in [3.8, 4) is 11.5 Å². The third-order valence-electron chi connectivity index (χ3n) is 6.20. The number of nitrogens with zero attached hydrogens (tertiary/aromatic N) is 4. The molecule has 5 rings (SSSR count). The molecule has 0 bridgehead atoms. The lowest BCUT2D eigenvalue weighted by Crippen LogP contribution is -2.41. The van der Waals surface area contributed by atoms with Crippen LogP contribution in [0.2, 0.25) is 0 Å². The maximum absolute atomic E-state index is 13.4. The minimum atomic E-state index is -0.369. The molecule has 1 fully saturated rings. The van der Waals surface area contributed by atoms with Gasteiger partial charge in [-0.3, -0.25) is 14.2 Å². The molecule has 0 radical (unpaired) electrons. The van der Waals surface area contributed by atoms with Crippen molar-refractivity contribution in [2.45, 2.75) is 68.4 Å². The number of nitrogens with one attached hydrogen (secondary N) is 1. The lowest BCUT2D eigenvalue weighted by molar-refractivity contribution is -0.121. The van der Waals surface area contributed by atoms with Crippen molar-refractivity contribution in [1.82, 2.24) is 24.8 Å². The lowest BCUT2D eigenvalue weighted by atomic mass is 9.95. The number of carbonyl (C=O) groups is 1. The van der Waals surface area contributed by atoms with Crippen LogP contribution in [0.3, 0.4) is 0 Å². The summed E-state index contributed by atoms with van der Waals surface area (Å²) in [7, 11) is 0. The first-order chi connectivity index (χ1) is 16.6. The van der Waals surface area contributed by atoms with E-state index in [-0.39, 0.29) is 47.3 Å². The van der Waals surface area contributed by atoms with Crippen LogP contribution in [-0.4, -0.2) is 43.5 Å². The van der Waals surface area contributed by atoms with Crippen molar-refractivity contribution in [2.24, 2.45) is 0 Å². The maximum atomic E-state index is 13.4. The number of benzene rings is 1. The van der Waals surface area contributed by atoms with Crippen LogP contribution in [0.1, 0.15) is 51.0 Å². The van der Waals surface area contributed by atoms with Crippen LogP contribution >= 0.6 is 11.8 Å². The Balaban J connectivity index is 1.46. The third kappa shape index (κ3) is 4.72. The topological polar surface area (TPSA) is 108 Å². The Hall–Kier alpha value is -3.14. The van der Waals surface area contributed by atoms with Crippen molar-refractivity contribution in [2.75, 3.05) is 6.79 Å². The molecule has 2 aliphatic rings. The Morgan fingerprint density at radius 3 is 2.79 bits per heavy atom. The minimum Gasteiger partial charge on any atom is -0.454 e. The molecule has 34 heavy (non-hydrogen) atoms. The van der Waals surface area contributed by atoms with Crippen LogP contribution in [0.15, 0.2) is 40.5 Å². The van der Waals surface area contributed by atoms with E-state index >= 15 is 0 Å². The second-order valence-corrected chi connectivity index (χ2v) is 9.73. The number of hydrogen-bond donors (Lipinski definition) is 1. The molecular weight excluding hydrogens is 454 g/mol. The van der Waals surface area contributed by atoms with E-state index in [2.05, 4.69) is 20.3 Å². The first-order valence-corrected chi connectivity index (χ1v) is 12.6. The predicted molar refractivity (Wildman–Crippen MR) is 128 cm³/mol. The summed E-state index contributed by atoms with van der Waals surface area (Å²) in [6.45, 7) is 2.42. The van der Waals surface area contributed by atoms with E-state index in [0.717, 1.165) is 31.2 Å². The van der Waals surface area contributed by atoms with Gasteiger partial charge >= 0.3 is 0 Å². The number of hydrogen-bond acceptors (Lipinski definition) is 8. The zero-order valence-electron chi connectivity index (χ0n) is 19.0. The number of fused-ring (bicyclic) bond motifs is 2. The van der Waals surface area contributed by atoms with Gasteiger partial charge in [0.25, 0.3) is 5.56 Å². The van der Waals surface area contributed by atoms with E-state index in [4.69, 9.17) is 9.47 Å². The molecule has 1 N–H and O–H groups in total. The summed E-state index contributed by atoms with van der Waals surface area (Å²) in [6.07, 6.45) is 9.17. The molecule has 1 aromatic carbocycles. The standard InChI is InChI=1S/C24H27N5O4S/c1-2-19(22(30)27-16-6-4-3-5-7-16)34-24-28-21-20(25-10-11-26-21)23(31)29(24)13-15-8-9-17-18(12-15)33-14-32-17/h8-12,16,19H,2-7,13-14H2,1H3,(H,27,30). The van der Waals surface area contributed by atoms with E-state index < -0.39 is 0 Å². The molecule has 0 saturated heterocycles. The highest BCUT2D eigenvalue weighted by molar-refractivity contribution is 8.00. The van der Waals surface area contributed by atoms with Gasteiger partial charge in [-0.1, -0.05) is 44.0 Å². The summed E-state index contributed by atoms with van der Waals surface area (Å²) >= 11 is 1.30. The Morgan fingerprint density at radius 1 is 1.18 bits per heavy atom. The summed E-state index contributed by atoms with van der Waals surface area (Å²) in [5.41, 5.74) is 1.05. The zero-order valence-corrected chi connectivity index (χ0v) is 19.8. The Morgan fingerprint density at radius 2 is 1.97 bits per heavy atom. The Labute approximate surface area is 201 Å². The molecule has 9 nitrogen and oxygen atoms in total. The quantitative estimate of drug-likeness (QED) is 0.405. The van der Waals surface area contributed by atoms with Gasteiger partial charge < -0.3 is 14.8 Å². The number of aromatic nitrogens is 4. The van der Waals surface area contributed by atoms with Gasteiger partial charge in [-0.15, -0.1) is 0 Å². The molecule has 1 unspecified atom stereocenters. The maximum Gasteiger partial charge on any atom is 0.282 e. The van der Waals surface area contributed by atoms with Gasteiger partial charge in [-0.25, -0.2) is 15.0 Å². The van der Waals surface area contributed by atoms with E-state index in [1.54, 1.807) is 4.57 Å². The molecule has 1 aliphatic heterocycles. The monoisotopic (exact) mass is 481 g/mol. The van der Waals surface area contributed by atoms with E-state index in [0.29, 0.717) is 23.1 Å². The fourth-order valence-electron chi connectivity index (χ4n) is 4.37. The number of rotatable bonds is 7. The molecular formula is C24H27N5O4S. The van der Waals surface area contributed by atoms with Crippen LogP contribution in [0.5, 0.6) is 11.5 Å². The summed E-state index contributed by atoms with van der Waals surface area (Å²) < 4.78 is 12.4. The molecule has 3 heterocycles. The molecule has 1 saturated carbocycles. The second kappa shape index (κ2) is 10.0. The molecule has 0 spiro atoms. The van der Waals surface area contributed by atoms with Crippen molar-refractivity contribution in [3.05, 3.63) is 46.5 Å². The summed E-state index contributed by atoms with van der Waals surface area (Å²) in [5.74, 6) is 1.31. The number of amides is 1. The van der Waals surface area contributed by atoms with E-state index in [1.165, 1.54) is 30.6 Å². The first kappa shape index (κ1) is 22.6. The number of ether oxygens (including phenoxy) is 2. The highest BCUT2D eigenvalue weighted by atomic mass is 32.2. The van der Waals surface area contributed by atoms with Crippen LogP contribution in [-0.2, 0) is 11.3 Å².